The zero-order chi connectivity index (χ0) is 34.1. The third-order valence-electron chi connectivity index (χ3n) is 10.9. The highest BCUT2D eigenvalue weighted by Gasteiger charge is 2.35. The first-order valence-electron chi connectivity index (χ1n) is 17.7. The molecule has 0 spiro atoms. The molecule has 8 aromatic carbocycles. The lowest BCUT2D eigenvalue weighted by Crippen LogP contribution is -2.16. The molecule has 0 atom stereocenters. The lowest BCUT2D eigenvalue weighted by molar-refractivity contribution is 0.660. The molecule has 0 amide bonds. The molecule has 0 fully saturated rings. The summed E-state index contributed by atoms with van der Waals surface area (Å²) in [6, 6.07) is 64.8. The summed E-state index contributed by atoms with van der Waals surface area (Å²) in [6.07, 6.45) is 0. The van der Waals surface area contributed by atoms with Gasteiger partial charge in [0.15, 0.2) is 0 Å². The largest absolute Gasteiger partial charge is 0.310 e. The van der Waals surface area contributed by atoms with Gasteiger partial charge in [0.1, 0.15) is 0 Å². The third kappa shape index (κ3) is 4.82. The molecule has 2 heteroatoms. The predicted molar refractivity (Wildman–Crippen MR) is 220 cm³/mol. The summed E-state index contributed by atoms with van der Waals surface area (Å²) in [7, 11) is 0. The zero-order valence-electron chi connectivity index (χ0n) is 28.6. The van der Waals surface area contributed by atoms with Gasteiger partial charge in [-0.05, 0) is 104 Å². The average molecular weight is 670 g/mol. The first-order valence-corrected chi connectivity index (χ1v) is 18.5. The Labute approximate surface area is 302 Å². The quantitative estimate of drug-likeness (QED) is 0.176. The van der Waals surface area contributed by atoms with Crippen molar-refractivity contribution in [3.05, 3.63) is 187 Å². The Hall–Kier alpha value is -5.96. The average Bonchev–Trinajstić information content (AvgIpc) is 3.67. The van der Waals surface area contributed by atoms with E-state index in [-0.39, 0.29) is 5.41 Å². The van der Waals surface area contributed by atoms with E-state index in [2.05, 4.69) is 195 Å². The Morgan fingerprint density at radius 3 is 1.96 bits per heavy atom. The minimum atomic E-state index is -0.0832. The number of nitrogens with zero attached hydrogens (tertiary/aromatic N) is 1. The van der Waals surface area contributed by atoms with Crippen molar-refractivity contribution in [3.63, 3.8) is 0 Å². The summed E-state index contributed by atoms with van der Waals surface area (Å²) in [6.45, 7) is 4.71. The van der Waals surface area contributed by atoms with Crippen molar-refractivity contribution in [2.45, 2.75) is 19.3 Å². The van der Waals surface area contributed by atoms with Gasteiger partial charge in [-0.15, -0.1) is 11.3 Å². The minimum Gasteiger partial charge on any atom is -0.310 e. The molecule has 1 heterocycles. The van der Waals surface area contributed by atoms with Gasteiger partial charge in [0.25, 0.3) is 0 Å². The van der Waals surface area contributed by atoms with Crippen molar-refractivity contribution in [2.75, 3.05) is 4.90 Å². The molecule has 0 unspecified atom stereocenters. The van der Waals surface area contributed by atoms with E-state index in [4.69, 9.17) is 0 Å². The van der Waals surface area contributed by atoms with Crippen molar-refractivity contribution >= 4 is 59.3 Å². The van der Waals surface area contributed by atoms with Gasteiger partial charge in [-0.25, -0.2) is 0 Å². The van der Waals surface area contributed by atoms with Crippen LogP contribution in [0.3, 0.4) is 0 Å². The third-order valence-corrected chi connectivity index (χ3v) is 12.1. The number of anilines is 3. The van der Waals surface area contributed by atoms with Crippen molar-refractivity contribution in [1.82, 2.24) is 0 Å². The van der Waals surface area contributed by atoms with Gasteiger partial charge in [-0.1, -0.05) is 141 Å². The van der Waals surface area contributed by atoms with E-state index in [9.17, 15) is 0 Å². The number of rotatable bonds is 5. The highest BCUT2D eigenvalue weighted by atomic mass is 32.1. The van der Waals surface area contributed by atoms with Crippen LogP contribution in [-0.4, -0.2) is 0 Å². The van der Waals surface area contributed by atoms with Gasteiger partial charge >= 0.3 is 0 Å². The summed E-state index contributed by atoms with van der Waals surface area (Å²) in [5.41, 5.74) is 13.6. The van der Waals surface area contributed by atoms with Crippen LogP contribution in [-0.2, 0) is 5.41 Å². The molecule has 1 aliphatic rings. The first kappa shape index (κ1) is 29.9. The zero-order valence-corrected chi connectivity index (χ0v) is 29.4. The van der Waals surface area contributed by atoms with E-state index in [0.29, 0.717) is 0 Å². The molecule has 1 aliphatic carbocycles. The number of benzene rings is 8. The van der Waals surface area contributed by atoms with Crippen LogP contribution in [0, 0.1) is 0 Å². The summed E-state index contributed by atoms with van der Waals surface area (Å²) in [5, 5.41) is 5.28. The van der Waals surface area contributed by atoms with Crippen LogP contribution >= 0.6 is 11.3 Å². The second kappa shape index (κ2) is 11.6. The van der Waals surface area contributed by atoms with Crippen molar-refractivity contribution in [1.29, 1.82) is 0 Å². The molecule has 0 N–H and O–H groups in total. The van der Waals surface area contributed by atoms with Crippen LogP contribution in [0.4, 0.5) is 17.1 Å². The van der Waals surface area contributed by atoms with Crippen molar-refractivity contribution in [3.8, 4) is 33.4 Å². The Bertz CT molecular complexity index is 2770. The van der Waals surface area contributed by atoms with Crippen LogP contribution < -0.4 is 4.90 Å². The van der Waals surface area contributed by atoms with Gasteiger partial charge in [-0.2, -0.15) is 0 Å². The summed E-state index contributed by atoms with van der Waals surface area (Å²) < 4.78 is 2.69. The fourth-order valence-electron chi connectivity index (χ4n) is 8.22. The normalized spacial score (nSPS) is 13.1. The standard InChI is InChI=1S/C49H35NS/c1-49(2)45-18-9-8-17-41(45)42-27-25-39(31-46(42)49)50(38-15-10-14-35(29-38)32-11-4-3-5-12-32)37-23-19-33(20-24-37)36-22-28-47-44(30-36)43-26-21-34-13-6-7-16-40(34)48(43)51-47/h3-31H,1-2H3. The van der Waals surface area contributed by atoms with Crippen LogP contribution in [0.2, 0.25) is 0 Å². The molecule has 242 valence electrons. The fourth-order valence-corrected chi connectivity index (χ4v) is 9.44. The highest BCUT2D eigenvalue weighted by molar-refractivity contribution is 7.26. The first-order chi connectivity index (χ1) is 25.0. The molecule has 10 rings (SSSR count). The molecular formula is C49H35NS. The maximum absolute atomic E-state index is 2.41. The minimum absolute atomic E-state index is 0.0832. The second-order valence-corrected chi connectivity index (χ2v) is 15.2. The second-order valence-electron chi connectivity index (χ2n) is 14.2. The number of hydrogen-bond acceptors (Lipinski definition) is 2. The number of thiophene rings is 1. The fraction of sp³-hybridized carbons (Fsp3) is 0.0612. The number of hydrogen-bond donors (Lipinski definition) is 0. The van der Waals surface area contributed by atoms with Crippen LogP contribution in [0.25, 0.3) is 64.3 Å². The van der Waals surface area contributed by atoms with Gasteiger partial charge in [-0.3, -0.25) is 0 Å². The topological polar surface area (TPSA) is 3.24 Å². The van der Waals surface area contributed by atoms with Gasteiger partial charge in [0.2, 0.25) is 0 Å². The van der Waals surface area contributed by atoms with E-state index in [1.807, 2.05) is 11.3 Å². The van der Waals surface area contributed by atoms with Crippen LogP contribution in [0.15, 0.2) is 176 Å². The maximum atomic E-state index is 2.41. The van der Waals surface area contributed by atoms with E-state index < -0.39 is 0 Å². The van der Waals surface area contributed by atoms with Crippen LogP contribution in [0.1, 0.15) is 25.0 Å². The van der Waals surface area contributed by atoms with Crippen LogP contribution in [0.5, 0.6) is 0 Å². The maximum Gasteiger partial charge on any atom is 0.0467 e. The Balaban J connectivity index is 1.08. The van der Waals surface area contributed by atoms with Crippen molar-refractivity contribution < 1.29 is 0 Å². The molecule has 51 heavy (non-hydrogen) atoms. The molecule has 1 aromatic heterocycles. The Kier molecular flexibility index (Phi) is 6.78. The van der Waals surface area contributed by atoms with Gasteiger partial charge in [0.05, 0.1) is 0 Å². The Morgan fingerprint density at radius 1 is 0.412 bits per heavy atom. The molecule has 0 aliphatic heterocycles. The molecule has 0 radical (unpaired) electrons. The molecule has 0 saturated heterocycles. The lowest BCUT2D eigenvalue weighted by atomic mass is 9.82. The molecule has 1 nitrogen and oxygen atoms in total. The smallest absolute Gasteiger partial charge is 0.0467 e. The van der Waals surface area contributed by atoms with Crippen molar-refractivity contribution in [2.24, 2.45) is 0 Å². The lowest BCUT2D eigenvalue weighted by Gasteiger charge is -2.28. The highest BCUT2D eigenvalue weighted by Crippen LogP contribution is 2.51. The summed E-state index contributed by atoms with van der Waals surface area (Å²) in [4.78, 5) is 2.41. The predicted octanol–water partition coefficient (Wildman–Crippen LogP) is 14.3. The SMILES string of the molecule is CC1(C)c2ccccc2-c2ccc(N(c3ccc(-c4ccc5sc6c7ccccc7ccc6c5c4)cc3)c3cccc(-c4ccccc4)c3)cc21. The van der Waals surface area contributed by atoms with E-state index in [1.54, 1.807) is 0 Å². The number of fused-ring (bicyclic) bond motifs is 8. The molecular weight excluding hydrogens is 635 g/mol. The summed E-state index contributed by atoms with van der Waals surface area (Å²) >= 11 is 1.89. The van der Waals surface area contributed by atoms with Gasteiger partial charge < -0.3 is 4.90 Å². The van der Waals surface area contributed by atoms with E-state index in [0.717, 1.165) is 17.1 Å². The summed E-state index contributed by atoms with van der Waals surface area (Å²) in [5.74, 6) is 0. The van der Waals surface area contributed by atoms with Gasteiger partial charge in [0, 0.05) is 42.6 Å². The monoisotopic (exact) mass is 669 g/mol. The molecule has 9 aromatic rings. The van der Waals surface area contributed by atoms with E-state index >= 15 is 0 Å². The molecule has 0 saturated carbocycles. The van der Waals surface area contributed by atoms with E-state index in [1.165, 1.54) is 75.5 Å². The molecule has 0 bridgehead atoms. The Morgan fingerprint density at radius 2 is 1.08 bits per heavy atom.